The largest absolute Gasteiger partial charge is 0.309 e. The standard InChI is InChI=1S/C62H39N2OP.C43H29N2OP/c65-66(44-15-3-1-4-16-44,45-17-5-2-6-18-45)46-33-36-51-50-35-32-43(38-56(50)62(57(51)39-46)54-22-10-7-19-48(54)49-20-8-11-23-55(49)62)41-29-27-40(28-30-41)42-31-34-47-52-21-9-13-25-59(52)64-60-26-14-12-24-58(60)63-61(64)53(47)37-42;46-47(34-14-3-1-4-15-34,35-16-5-2-6-17-35)36-25-22-30(23-26-36)31-12-11-13-32(28-31)33-24-27-38-37-18-7-8-19-39(37)43-44-40-20-9-10-21-41(40)45(43)42(38)29-33/h1-39H;1-29H. The number of hydrogen-bond acceptors (Lipinski definition) is 4. The molecule has 0 N–H and O–H groups in total. The molecule has 23 rings (SSSR count). The highest BCUT2D eigenvalue weighted by Gasteiger charge is 2.52. The Morgan fingerprint density at radius 3 is 1.12 bits per heavy atom. The second-order valence-electron chi connectivity index (χ2n) is 29.7. The normalized spacial score (nSPS) is 12.7. The molecule has 2 aliphatic carbocycles. The molecule has 1 spiro atoms. The van der Waals surface area contributed by atoms with Crippen LogP contribution in [0.15, 0.2) is 413 Å². The Morgan fingerprint density at radius 2 is 0.549 bits per heavy atom. The van der Waals surface area contributed by atoms with Crippen molar-refractivity contribution < 1.29 is 9.13 Å². The highest BCUT2D eigenvalue weighted by molar-refractivity contribution is 7.85. The molecule has 8 heteroatoms. The van der Waals surface area contributed by atoms with Crippen LogP contribution in [0.25, 0.3) is 143 Å². The molecule has 0 amide bonds. The third kappa shape index (κ3) is 10.2. The summed E-state index contributed by atoms with van der Waals surface area (Å²) in [5.41, 5.74) is 26.7. The van der Waals surface area contributed by atoms with Crippen molar-refractivity contribution in [2.75, 3.05) is 0 Å². The van der Waals surface area contributed by atoms with Gasteiger partial charge in [0.05, 0.1) is 38.5 Å². The molecular weight excluding hydrogens is 1410 g/mol. The molecular formula is C105H68N4O2P2. The van der Waals surface area contributed by atoms with Gasteiger partial charge in [0.15, 0.2) is 14.3 Å². The number of aromatic nitrogens is 4. The molecule has 21 aromatic rings. The van der Waals surface area contributed by atoms with Crippen LogP contribution in [0.3, 0.4) is 0 Å². The van der Waals surface area contributed by atoms with Gasteiger partial charge in [0.25, 0.3) is 0 Å². The van der Waals surface area contributed by atoms with E-state index in [1.807, 2.05) is 140 Å². The monoisotopic (exact) mass is 1480 g/mol. The average molecular weight is 1480 g/mol. The molecule has 113 heavy (non-hydrogen) atoms. The van der Waals surface area contributed by atoms with E-state index in [0.717, 1.165) is 132 Å². The number of fused-ring (bicyclic) bond motifs is 26. The summed E-state index contributed by atoms with van der Waals surface area (Å²) in [7, 11) is -6.29. The summed E-state index contributed by atoms with van der Waals surface area (Å²) in [6, 6.07) is 145. The van der Waals surface area contributed by atoms with Crippen LogP contribution in [-0.2, 0) is 14.5 Å². The highest BCUT2D eigenvalue weighted by Crippen LogP contribution is 2.64. The summed E-state index contributed by atoms with van der Waals surface area (Å²) < 4.78 is 35.4. The van der Waals surface area contributed by atoms with E-state index < -0.39 is 19.7 Å². The van der Waals surface area contributed by atoms with E-state index in [2.05, 4.69) is 282 Å². The average Bonchev–Trinajstić information content (AvgIpc) is 1.50. The lowest BCUT2D eigenvalue weighted by atomic mass is 9.70. The van der Waals surface area contributed by atoms with Crippen LogP contribution in [0.2, 0.25) is 0 Å². The second-order valence-corrected chi connectivity index (χ2v) is 35.2. The van der Waals surface area contributed by atoms with Crippen molar-refractivity contribution in [1.82, 2.24) is 18.8 Å². The first-order valence-corrected chi connectivity index (χ1v) is 41.9. The Bertz CT molecular complexity index is 7410. The minimum Gasteiger partial charge on any atom is -0.309 e. The van der Waals surface area contributed by atoms with Crippen molar-refractivity contribution in [3.63, 3.8) is 0 Å². The number of pyridine rings is 2. The first kappa shape index (κ1) is 66.2. The summed E-state index contributed by atoms with van der Waals surface area (Å²) in [5, 5.41) is 12.1. The maximum atomic E-state index is 16.0. The Morgan fingerprint density at radius 1 is 0.204 bits per heavy atom. The molecule has 0 saturated heterocycles. The zero-order valence-corrected chi connectivity index (χ0v) is 63.0. The summed E-state index contributed by atoms with van der Waals surface area (Å²) >= 11 is 0. The number of benzene rings is 17. The molecule has 2 aliphatic rings. The first-order chi connectivity index (χ1) is 55.8. The van der Waals surface area contributed by atoms with Crippen LogP contribution in [0.5, 0.6) is 0 Å². The molecule has 6 nitrogen and oxygen atoms in total. The SMILES string of the molecule is O=P(c1ccccc1)(c1ccccc1)c1ccc(-c2cccc(-c3ccc4c5ccccc5c5nc6ccccc6n5c4c3)c2)cc1.O=P(c1ccccc1)(c1ccccc1)c1ccc2c(c1)C1(c3ccccc3-c3ccccc31)c1cc(-c3ccc(-c4ccc5c6ccccc6n6c7ccccc7nc6c5c4)cc3)ccc1-2. The lowest BCUT2D eigenvalue weighted by molar-refractivity contribution is 0.591. The van der Waals surface area contributed by atoms with Gasteiger partial charge in [-0.3, -0.25) is 8.80 Å². The molecule has 0 radical (unpaired) electrons. The summed E-state index contributed by atoms with van der Waals surface area (Å²) in [6.07, 6.45) is 0. The number of nitrogens with zero attached hydrogens (tertiary/aromatic N) is 4. The molecule has 0 atom stereocenters. The number of rotatable bonds is 10. The molecule has 0 saturated carbocycles. The number of hydrogen-bond donors (Lipinski definition) is 0. The lowest BCUT2D eigenvalue weighted by Gasteiger charge is -2.31. The van der Waals surface area contributed by atoms with Gasteiger partial charge in [-0.1, -0.05) is 352 Å². The summed E-state index contributed by atoms with van der Waals surface area (Å²) in [4.78, 5) is 10.2. The predicted octanol–water partition coefficient (Wildman–Crippen LogP) is 23.9. The van der Waals surface area contributed by atoms with Crippen molar-refractivity contribution in [2.24, 2.45) is 0 Å². The Balaban J connectivity index is 0.000000146. The third-order valence-corrected chi connectivity index (χ3v) is 29.9. The van der Waals surface area contributed by atoms with Gasteiger partial charge in [0.2, 0.25) is 0 Å². The fourth-order valence-electron chi connectivity index (χ4n) is 18.5. The minimum absolute atomic E-state index is 0.611. The van der Waals surface area contributed by atoms with E-state index in [9.17, 15) is 4.57 Å². The van der Waals surface area contributed by atoms with Crippen LogP contribution >= 0.6 is 14.3 Å². The maximum Gasteiger partial charge on any atom is 0.171 e. The fourth-order valence-corrected chi connectivity index (χ4v) is 23.8. The highest BCUT2D eigenvalue weighted by atomic mass is 31.2. The van der Waals surface area contributed by atoms with E-state index in [0.29, 0.717) is 0 Å². The summed E-state index contributed by atoms with van der Waals surface area (Å²) in [6.45, 7) is 0. The van der Waals surface area contributed by atoms with Crippen LogP contribution < -0.4 is 31.8 Å². The molecule has 0 bridgehead atoms. The fraction of sp³-hybridized carbons (Fsp3) is 0.00952. The van der Waals surface area contributed by atoms with Gasteiger partial charge < -0.3 is 9.13 Å². The van der Waals surface area contributed by atoms with Gasteiger partial charge in [-0.15, -0.1) is 0 Å². The van der Waals surface area contributed by atoms with Gasteiger partial charge in [0.1, 0.15) is 11.3 Å². The second kappa shape index (κ2) is 26.2. The third-order valence-electron chi connectivity index (χ3n) is 23.7. The van der Waals surface area contributed by atoms with Crippen molar-refractivity contribution in [1.29, 1.82) is 0 Å². The molecule has 4 aromatic heterocycles. The zero-order chi connectivity index (χ0) is 74.9. The van der Waals surface area contributed by atoms with Crippen molar-refractivity contribution in [3.05, 3.63) is 435 Å². The van der Waals surface area contributed by atoms with Gasteiger partial charge >= 0.3 is 0 Å². The molecule has 0 fully saturated rings. The van der Waals surface area contributed by atoms with Crippen molar-refractivity contribution in [3.8, 4) is 66.8 Å². The van der Waals surface area contributed by atoms with Crippen molar-refractivity contribution in [2.45, 2.75) is 5.41 Å². The minimum atomic E-state index is -3.27. The Labute approximate surface area is 653 Å². The topological polar surface area (TPSA) is 68.7 Å². The van der Waals surface area contributed by atoms with Crippen LogP contribution in [0.4, 0.5) is 0 Å². The van der Waals surface area contributed by atoms with Crippen molar-refractivity contribution >= 4 is 123 Å². The quantitative estimate of drug-likeness (QED) is 0.101. The number of para-hydroxylation sites is 5. The van der Waals surface area contributed by atoms with E-state index in [1.54, 1.807) is 0 Å². The molecule has 530 valence electrons. The van der Waals surface area contributed by atoms with Crippen LogP contribution in [0, 0.1) is 0 Å². The van der Waals surface area contributed by atoms with Gasteiger partial charge in [-0.2, -0.15) is 0 Å². The molecule has 0 unspecified atom stereocenters. The number of imidazole rings is 2. The smallest absolute Gasteiger partial charge is 0.171 e. The van der Waals surface area contributed by atoms with E-state index in [4.69, 9.17) is 9.97 Å². The van der Waals surface area contributed by atoms with Gasteiger partial charge in [-0.05, 0) is 160 Å². The van der Waals surface area contributed by atoms with E-state index >= 15 is 4.57 Å². The zero-order valence-electron chi connectivity index (χ0n) is 61.3. The predicted molar refractivity (Wildman–Crippen MR) is 472 cm³/mol. The lowest BCUT2D eigenvalue weighted by Crippen LogP contribution is -2.29. The Kier molecular flexibility index (Phi) is 15.3. The molecule has 0 aliphatic heterocycles. The van der Waals surface area contributed by atoms with Gasteiger partial charge in [0, 0.05) is 53.4 Å². The molecule has 17 aromatic carbocycles. The first-order valence-electron chi connectivity index (χ1n) is 38.5. The summed E-state index contributed by atoms with van der Waals surface area (Å²) in [5.74, 6) is 0. The van der Waals surface area contributed by atoms with Crippen LogP contribution in [-0.4, -0.2) is 18.8 Å². The van der Waals surface area contributed by atoms with Crippen LogP contribution in [0.1, 0.15) is 22.3 Å². The van der Waals surface area contributed by atoms with E-state index in [1.165, 1.54) is 66.1 Å². The van der Waals surface area contributed by atoms with E-state index in [-0.39, 0.29) is 0 Å². The Hall–Kier alpha value is -13.9. The van der Waals surface area contributed by atoms with Gasteiger partial charge in [-0.25, -0.2) is 9.97 Å². The molecule has 4 heterocycles. The maximum absolute atomic E-state index is 16.0.